The number of benzene rings is 1. The lowest BCUT2D eigenvalue weighted by Crippen LogP contribution is -2.39. The number of carbonyl (C=O) groups excluding carboxylic acids is 2. The van der Waals surface area contributed by atoms with Gasteiger partial charge in [0.25, 0.3) is 0 Å². The second-order valence-corrected chi connectivity index (χ2v) is 6.23. The van der Waals surface area contributed by atoms with Crippen molar-refractivity contribution < 1.29 is 14.3 Å². The largest absolute Gasteiger partial charge is 0.415 e. The van der Waals surface area contributed by atoms with Gasteiger partial charge in [-0.2, -0.15) is 0 Å². The molecule has 2 aromatic rings. The fourth-order valence-electron chi connectivity index (χ4n) is 2.85. The normalized spacial score (nSPS) is 15.2. The average Bonchev–Trinajstić information content (AvgIpc) is 2.68. The van der Waals surface area contributed by atoms with Gasteiger partial charge in [0.15, 0.2) is 5.75 Å². The average molecular weight is 351 g/mol. The van der Waals surface area contributed by atoms with Crippen LogP contribution in [0.4, 0.5) is 4.79 Å². The van der Waals surface area contributed by atoms with Crippen molar-refractivity contribution in [3.05, 3.63) is 66.0 Å². The topological polar surface area (TPSA) is 85.5 Å². The van der Waals surface area contributed by atoms with E-state index in [-0.39, 0.29) is 6.09 Å². The fourth-order valence-corrected chi connectivity index (χ4v) is 2.85. The molecule has 0 atom stereocenters. The van der Waals surface area contributed by atoms with Crippen LogP contribution < -0.4 is 10.5 Å². The predicted octanol–water partition coefficient (Wildman–Crippen LogP) is 3.10. The van der Waals surface area contributed by atoms with E-state index in [0.29, 0.717) is 30.3 Å². The van der Waals surface area contributed by atoms with Crippen molar-refractivity contribution in [1.29, 1.82) is 0 Å². The van der Waals surface area contributed by atoms with Gasteiger partial charge in [0.2, 0.25) is 5.91 Å². The van der Waals surface area contributed by atoms with Crippen LogP contribution in [0.3, 0.4) is 0 Å². The highest BCUT2D eigenvalue weighted by Crippen LogP contribution is 2.21. The summed E-state index contributed by atoms with van der Waals surface area (Å²) in [4.78, 5) is 28.9. The molecule has 0 radical (unpaired) electrons. The first kappa shape index (κ1) is 17.7. The lowest BCUT2D eigenvalue weighted by molar-refractivity contribution is 0.1000. The Labute approximate surface area is 152 Å². The number of ether oxygens (including phenoxy) is 1. The molecule has 0 bridgehead atoms. The minimum atomic E-state index is -0.425. The summed E-state index contributed by atoms with van der Waals surface area (Å²) in [6, 6.07) is 10.6. The zero-order chi connectivity index (χ0) is 18.4. The van der Waals surface area contributed by atoms with E-state index in [1.165, 1.54) is 6.20 Å². The molecule has 26 heavy (non-hydrogen) atoms. The quantitative estimate of drug-likeness (QED) is 0.917. The first-order valence-electron chi connectivity index (χ1n) is 8.56. The standard InChI is InChI=1S/C20H21N3O3/c21-19(24)17-7-5-15(6-8-17)3-4-16-9-12-23(13-10-16)20(25)26-18-2-1-11-22-14-18/h1-8,11,14,16H,9-10,12-13H2,(H2,21,24)/b4-3+. The first-order chi connectivity index (χ1) is 12.6. The molecule has 1 fully saturated rings. The third kappa shape index (κ3) is 4.69. The lowest BCUT2D eigenvalue weighted by atomic mass is 9.96. The summed E-state index contributed by atoms with van der Waals surface area (Å²) >= 11 is 0. The molecule has 1 aromatic carbocycles. The van der Waals surface area contributed by atoms with Crippen molar-refractivity contribution >= 4 is 18.1 Å². The maximum Gasteiger partial charge on any atom is 0.415 e. The van der Waals surface area contributed by atoms with Crippen LogP contribution in [0.2, 0.25) is 0 Å². The maximum absolute atomic E-state index is 12.2. The number of rotatable bonds is 4. The van der Waals surface area contributed by atoms with E-state index in [0.717, 1.165) is 18.4 Å². The molecular weight excluding hydrogens is 330 g/mol. The van der Waals surface area contributed by atoms with Crippen LogP contribution in [0.1, 0.15) is 28.8 Å². The van der Waals surface area contributed by atoms with E-state index < -0.39 is 5.91 Å². The third-order valence-corrected chi connectivity index (χ3v) is 4.39. The summed E-state index contributed by atoms with van der Waals surface area (Å²) in [5.41, 5.74) is 6.76. The Hall–Kier alpha value is -3.15. The molecule has 0 spiro atoms. The lowest BCUT2D eigenvalue weighted by Gasteiger charge is -2.29. The summed E-state index contributed by atoms with van der Waals surface area (Å²) in [5.74, 6) is 0.443. The van der Waals surface area contributed by atoms with Gasteiger partial charge in [-0.3, -0.25) is 9.78 Å². The van der Waals surface area contributed by atoms with Gasteiger partial charge in [-0.1, -0.05) is 24.3 Å². The van der Waals surface area contributed by atoms with E-state index in [4.69, 9.17) is 10.5 Å². The number of hydrogen-bond donors (Lipinski definition) is 1. The fraction of sp³-hybridized carbons (Fsp3) is 0.250. The molecule has 0 unspecified atom stereocenters. The van der Waals surface area contributed by atoms with E-state index in [2.05, 4.69) is 11.1 Å². The van der Waals surface area contributed by atoms with Gasteiger partial charge in [-0.15, -0.1) is 0 Å². The van der Waals surface area contributed by atoms with Crippen molar-refractivity contribution in [1.82, 2.24) is 9.88 Å². The molecule has 1 aromatic heterocycles. The summed E-state index contributed by atoms with van der Waals surface area (Å²) in [5, 5.41) is 0. The number of nitrogens with two attached hydrogens (primary N) is 1. The summed E-state index contributed by atoms with van der Waals surface area (Å²) in [7, 11) is 0. The number of allylic oxidation sites excluding steroid dienone is 1. The number of carbonyl (C=O) groups is 2. The van der Waals surface area contributed by atoms with Gasteiger partial charge in [-0.05, 0) is 48.6 Å². The SMILES string of the molecule is NC(=O)c1ccc(/C=C/C2CCN(C(=O)Oc3cccnc3)CC2)cc1. The minimum absolute atomic E-state index is 0.331. The number of pyridine rings is 1. The first-order valence-corrected chi connectivity index (χ1v) is 8.56. The van der Waals surface area contributed by atoms with Crippen molar-refractivity contribution in [2.24, 2.45) is 11.7 Å². The number of primary amides is 1. The highest BCUT2D eigenvalue weighted by Gasteiger charge is 2.22. The molecule has 1 aliphatic heterocycles. The number of likely N-dealkylation sites (tertiary alicyclic amines) is 1. The highest BCUT2D eigenvalue weighted by molar-refractivity contribution is 5.92. The number of piperidine rings is 1. The maximum atomic E-state index is 12.2. The van der Waals surface area contributed by atoms with Gasteiger partial charge in [-0.25, -0.2) is 4.79 Å². The highest BCUT2D eigenvalue weighted by atomic mass is 16.6. The molecule has 6 nitrogen and oxygen atoms in total. The van der Waals surface area contributed by atoms with Crippen molar-refractivity contribution in [3.8, 4) is 5.75 Å². The van der Waals surface area contributed by atoms with Crippen LogP contribution >= 0.6 is 0 Å². The third-order valence-electron chi connectivity index (χ3n) is 4.39. The van der Waals surface area contributed by atoms with Crippen LogP contribution in [0, 0.1) is 5.92 Å². The van der Waals surface area contributed by atoms with Gasteiger partial charge in [0, 0.05) is 24.8 Å². The Kier molecular flexibility index (Phi) is 5.63. The van der Waals surface area contributed by atoms with E-state index in [1.54, 1.807) is 35.4 Å². The Morgan fingerprint density at radius 3 is 2.50 bits per heavy atom. The van der Waals surface area contributed by atoms with E-state index in [9.17, 15) is 9.59 Å². The van der Waals surface area contributed by atoms with Gasteiger partial charge in [0.05, 0.1) is 6.20 Å². The number of aromatic nitrogens is 1. The van der Waals surface area contributed by atoms with E-state index >= 15 is 0 Å². The summed E-state index contributed by atoms with van der Waals surface area (Å²) in [6.07, 6.45) is 8.80. The van der Waals surface area contributed by atoms with Crippen molar-refractivity contribution in [2.75, 3.05) is 13.1 Å². The molecule has 0 aliphatic carbocycles. The Morgan fingerprint density at radius 2 is 1.88 bits per heavy atom. The minimum Gasteiger partial charge on any atom is -0.409 e. The second-order valence-electron chi connectivity index (χ2n) is 6.23. The molecule has 2 N–H and O–H groups in total. The second kappa shape index (κ2) is 8.29. The molecule has 2 heterocycles. The van der Waals surface area contributed by atoms with Crippen LogP contribution in [0.5, 0.6) is 5.75 Å². The zero-order valence-electron chi connectivity index (χ0n) is 14.4. The van der Waals surface area contributed by atoms with Gasteiger partial charge < -0.3 is 15.4 Å². The Balaban J connectivity index is 1.48. The van der Waals surface area contributed by atoms with Crippen LogP contribution in [-0.4, -0.2) is 35.0 Å². The van der Waals surface area contributed by atoms with Gasteiger partial charge in [0.1, 0.15) is 0 Å². The van der Waals surface area contributed by atoms with Crippen molar-refractivity contribution in [3.63, 3.8) is 0 Å². The molecular formula is C20H21N3O3. The smallest absolute Gasteiger partial charge is 0.409 e. The Morgan fingerprint density at radius 1 is 1.15 bits per heavy atom. The van der Waals surface area contributed by atoms with Gasteiger partial charge >= 0.3 is 6.09 Å². The summed E-state index contributed by atoms with van der Waals surface area (Å²) < 4.78 is 5.32. The molecule has 3 rings (SSSR count). The van der Waals surface area contributed by atoms with E-state index in [1.807, 2.05) is 18.2 Å². The molecule has 1 saturated heterocycles. The van der Waals surface area contributed by atoms with Crippen LogP contribution in [0.25, 0.3) is 6.08 Å². The number of hydrogen-bond acceptors (Lipinski definition) is 4. The summed E-state index contributed by atoms with van der Waals surface area (Å²) in [6.45, 7) is 1.32. The molecule has 2 amide bonds. The van der Waals surface area contributed by atoms with Crippen molar-refractivity contribution in [2.45, 2.75) is 12.8 Å². The predicted molar refractivity (Wildman–Crippen MR) is 98.6 cm³/mol. The molecule has 1 aliphatic rings. The molecule has 0 saturated carbocycles. The monoisotopic (exact) mass is 351 g/mol. The zero-order valence-corrected chi connectivity index (χ0v) is 14.4. The Bertz CT molecular complexity index is 780. The molecule has 6 heteroatoms. The number of nitrogens with zero attached hydrogens (tertiary/aromatic N) is 2. The molecule has 134 valence electrons. The van der Waals surface area contributed by atoms with Crippen LogP contribution in [-0.2, 0) is 0 Å². The van der Waals surface area contributed by atoms with Crippen LogP contribution in [0.15, 0.2) is 54.9 Å². The number of amides is 2.